The van der Waals surface area contributed by atoms with Gasteiger partial charge in [0.2, 0.25) is 0 Å². The molecule has 0 radical (unpaired) electrons. The van der Waals surface area contributed by atoms with Crippen LogP contribution in [-0.2, 0) is 6.54 Å². The van der Waals surface area contributed by atoms with Crippen LogP contribution in [0, 0.1) is 6.92 Å². The SMILES string of the molecule is Cc1c(CN)cnc(C(F)F)c1Cl. The predicted octanol–water partition coefficient (Wildman–Crippen LogP) is 2.44. The van der Waals surface area contributed by atoms with Gasteiger partial charge in [-0.1, -0.05) is 11.6 Å². The number of nitrogens with zero attached hydrogens (tertiary/aromatic N) is 1. The van der Waals surface area contributed by atoms with E-state index in [0.29, 0.717) is 11.1 Å². The molecule has 1 rings (SSSR count). The van der Waals surface area contributed by atoms with Gasteiger partial charge in [-0.3, -0.25) is 4.98 Å². The van der Waals surface area contributed by atoms with Gasteiger partial charge in [-0.25, -0.2) is 8.78 Å². The Hall–Kier alpha value is -0.740. The number of halogens is 3. The van der Waals surface area contributed by atoms with Crippen molar-refractivity contribution in [3.63, 3.8) is 0 Å². The van der Waals surface area contributed by atoms with E-state index in [1.54, 1.807) is 6.92 Å². The van der Waals surface area contributed by atoms with Crippen LogP contribution in [0.5, 0.6) is 0 Å². The van der Waals surface area contributed by atoms with Crippen LogP contribution in [0.3, 0.4) is 0 Å². The average Bonchev–Trinajstić information content (AvgIpc) is 2.09. The van der Waals surface area contributed by atoms with E-state index in [2.05, 4.69) is 4.98 Å². The molecule has 5 heteroatoms. The molecule has 1 aromatic rings. The van der Waals surface area contributed by atoms with Crippen molar-refractivity contribution < 1.29 is 8.78 Å². The summed E-state index contributed by atoms with van der Waals surface area (Å²) in [7, 11) is 0. The number of alkyl halides is 2. The monoisotopic (exact) mass is 206 g/mol. The van der Waals surface area contributed by atoms with Gasteiger partial charge in [0, 0.05) is 12.7 Å². The molecule has 1 heterocycles. The topological polar surface area (TPSA) is 38.9 Å². The first-order valence-electron chi connectivity index (χ1n) is 3.70. The molecule has 13 heavy (non-hydrogen) atoms. The minimum absolute atomic E-state index is 0.0120. The molecule has 0 saturated heterocycles. The standard InChI is InChI=1S/C8H9ClF2N2/c1-4-5(2-12)3-13-7(6(4)9)8(10)11/h3,8H,2,12H2,1H3. The first-order valence-corrected chi connectivity index (χ1v) is 4.07. The summed E-state index contributed by atoms with van der Waals surface area (Å²) >= 11 is 5.67. The van der Waals surface area contributed by atoms with Crippen LogP contribution in [-0.4, -0.2) is 4.98 Å². The molecule has 0 unspecified atom stereocenters. The van der Waals surface area contributed by atoms with Crippen LogP contribution in [0.2, 0.25) is 5.02 Å². The number of aromatic nitrogens is 1. The van der Waals surface area contributed by atoms with Crippen LogP contribution < -0.4 is 5.73 Å². The second kappa shape index (κ2) is 3.98. The Kier molecular flexibility index (Phi) is 3.17. The summed E-state index contributed by atoms with van der Waals surface area (Å²) in [5, 5.41) is 0.0120. The number of hydrogen-bond donors (Lipinski definition) is 1. The molecule has 0 aliphatic carbocycles. The smallest absolute Gasteiger partial charge is 0.281 e. The normalized spacial score (nSPS) is 10.9. The summed E-state index contributed by atoms with van der Waals surface area (Å²) in [6.45, 7) is 1.90. The summed E-state index contributed by atoms with van der Waals surface area (Å²) in [4.78, 5) is 3.55. The van der Waals surface area contributed by atoms with E-state index >= 15 is 0 Å². The van der Waals surface area contributed by atoms with E-state index in [1.165, 1.54) is 6.20 Å². The molecule has 2 N–H and O–H groups in total. The quantitative estimate of drug-likeness (QED) is 0.807. The van der Waals surface area contributed by atoms with E-state index in [4.69, 9.17) is 17.3 Å². The maximum absolute atomic E-state index is 12.3. The number of pyridine rings is 1. The second-order valence-electron chi connectivity index (χ2n) is 2.61. The van der Waals surface area contributed by atoms with Gasteiger partial charge in [0.05, 0.1) is 5.02 Å². The minimum Gasteiger partial charge on any atom is -0.326 e. The molecule has 0 fully saturated rings. The lowest BCUT2D eigenvalue weighted by Crippen LogP contribution is -2.03. The van der Waals surface area contributed by atoms with Gasteiger partial charge in [0.15, 0.2) is 0 Å². The highest BCUT2D eigenvalue weighted by atomic mass is 35.5. The molecule has 0 spiro atoms. The number of rotatable bonds is 2. The van der Waals surface area contributed by atoms with Crippen molar-refractivity contribution in [2.45, 2.75) is 19.9 Å². The molecule has 72 valence electrons. The molecule has 0 bridgehead atoms. The molecular formula is C8H9ClF2N2. The van der Waals surface area contributed by atoms with Crippen LogP contribution in [0.15, 0.2) is 6.20 Å². The molecule has 0 amide bonds. The second-order valence-corrected chi connectivity index (χ2v) is 2.99. The summed E-state index contributed by atoms with van der Waals surface area (Å²) < 4.78 is 24.5. The minimum atomic E-state index is -2.64. The van der Waals surface area contributed by atoms with Crippen molar-refractivity contribution in [1.29, 1.82) is 0 Å². The Morgan fingerprint density at radius 3 is 2.69 bits per heavy atom. The third kappa shape index (κ3) is 1.95. The summed E-state index contributed by atoms with van der Waals surface area (Å²) in [5.74, 6) is 0. The maximum atomic E-state index is 12.3. The highest BCUT2D eigenvalue weighted by molar-refractivity contribution is 6.32. The largest absolute Gasteiger partial charge is 0.326 e. The molecular weight excluding hydrogens is 198 g/mol. The van der Waals surface area contributed by atoms with Gasteiger partial charge < -0.3 is 5.73 Å². The van der Waals surface area contributed by atoms with E-state index in [9.17, 15) is 8.78 Å². The Balaban J connectivity index is 3.23. The summed E-state index contributed by atoms with van der Waals surface area (Å²) in [6, 6.07) is 0. The Bertz CT molecular complexity index is 315. The maximum Gasteiger partial charge on any atom is 0.281 e. The highest BCUT2D eigenvalue weighted by Gasteiger charge is 2.16. The number of hydrogen-bond acceptors (Lipinski definition) is 2. The van der Waals surface area contributed by atoms with Crippen LogP contribution in [0.4, 0.5) is 8.78 Å². The average molecular weight is 207 g/mol. The van der Waals surface area contributed by atoms with E-state index in [1.807, 2.05) is 0 Å². The zero-order valence-electron chi connectivity index (χ0n) is 7.02. The van der Waals surface area contributed by atoms with Crippen molar-refractivity contribution in [1.82, 2.24) is 4.98 Å². The lowest BCUT2D eigenvalue weighted by Gasteiger charge is -2.08. The van der Waals surface area contributed by atoms with Crippen molar-refractivity contribution in [3.8, 4) is 0 Å². The van der Waals surface area contributed by atoms with Crippen LogP contribution >= 0.6 is 11.6 Å². The van der Waals surface area contributed by atoms with E-state index in [0.717, 1.165) is 0 Å². The van der Waals surface area contributed by atoms with E-state index in [-0.39, 0.29) is 17.3 Å². The van der Waals surface area contributed by atoms with Gasteiger partial charge in [-0.2, -0.15) is 0 Å². The fourth-order valence-electron chi connectivity index (χ4n) is 0.992. The molecule has 0 saturated carbocycles. The molecule has 2 nitrogen and oxygen atoms in total. The fourth-order valence-corrected chi connectivity index (χ4v) is 1.24. The molecule has 0 aromatic carbocycles. The van der Waals surface area contributed by atoms with Crippen molar-refractivity contribution in [2.75, 3.05) is 0 Å². The predicted molar refractivity (Wildman–Crippen MR) is 46.8 cm³/mol. The third-order valence-corrected chi connectivity index (χ3v) is 2.30. The van der Waals surface area contributed by atoms with Gasteiger partial charge >= 0.3 is 0 Å². The summed E-state index contributed by atoms with van der Waals surface area (Å²) in [5.41, 5.74) is 6.25. The van der Waals surface area contributed by atoms with Gasteiger partial charge in [0.1, 0.15) is 5.69 Å². The molecule has 0 aliphatic rings. The lowest BCUT2D eigenvalue weighted by molar-refractivity contribution is 0.146. The van der Waals surface area contributed by atoms with Crippen molar-refractivity contribution >= 4 is 11.6 Å². The summed E-state index contributed by atoms with van der Waals surface area (Å²) in [6.07, 6.45) is -1.30. The zero-order valence-corrected chi connectivity index (χ0v) is 7.78. The van der Waals surface area contributed by atoms with E-state index < -0.39 is 6.43 Å². The van der Waals surface area contributed by atoms with Crippen molar-refractivity contribution in [3.05, 3.63) is 28.0 Å². The first kappa shape index (κ1) is 10.3. The molecule has 1 aromatic heterocycles. The Morgan fingerprint density at radius 2 is 2.23 bits per heavy atom. The highest BCUT2D eigenvalue weighted by Crippen LogP contribution is 2.28. The van der Waals surface area contributed by atoms with Crippen LogP contribution in [0.1, 0.15) is 23.2 Å². The van der Waals surface area contributed by atoms with Gasteiger partial charge in [-0.05, 0) is 18.1 Å². The van der Waals surface area contributed by atoms with Crippen molar-refractivity contribution in [2.24, 2.45) is 5.73 Å². The zero-order chi connectivity index (χ0) is 10.0. The number of nitrogens with two attached hydrogens (primary N) is 1. The van der Waals surface area contributed by atoms with Gasteiger partial charge in [0.25, 0.3) is 6.43 Å². The fraction of sp³-hybridized carbons (Fsp3) is 0.375. The first-order chi connectivity index (χ1) is 6.07. The Morgan fingerprint density at radius 1 is 1.62 bits per heavy atom. The Labute approximate surface area is 79.7 Å². The van der Waals surface area contributed by atoms with Gasteiger partial charge in [-0.15, -0.1) is 0 Å². The third-order valence-electron chi connectivity index (χ3n) is 1.82. The lowest BCUT2D eigenvalue weighted by atomic mass is 10.1. The molecule has 0 atom stereocenters. The molecule has 0 aliphatic heterocycles. The van der Waals surface area contributed by atoms with Crippen LogP contribution in [0.25, 0.3) is 0 Å².